The number of benzene rings is 1. The highest BCUT2D eigenvalue weighted by Crippen LogP contribution is 2.36. The number of carbonyl (C=O) groups excluding carboxylic acids is 1. The maximum absolute atomic E-state index is 13.0. The van der Waals surface area contributed by atoms with E-state index in [-0.39, 0.29) is 24.0 Å². The molecule has 1 amide bonds. The molecule has 2 heterocycles. The van der Waals surface area contributed by atoms with Crippen LogP contribution in [0.1, 0.15) is 60.4 Å². The normalized spacial score (nSPS) is 31.0. The third-order valence-electron chi connectivity index (χ3n) is 6.15. The monoisotopic (exact) mass is 329 g/mol. The Kier molecular flexibility index (Phi) is 4.59. The quantitative estimate of drug-likeness (QED) is 0.927. The highest BCUT2D eigenvalue weighted by atomic mass is 16.5. The molecule has 2 aliphatic heterocycles. The maximum Gasteiger partial charge on any atom is 0.254 e. The summed E-state index contributed by atoms with van der Waals surface area (Å²) in [6, 6.07) is 8.33. The van der Waals surface area contributed by atoms with Crippen molar-refractivity contribution in [2.45, 2.75) is 56.6 Å². The second-order valence-corrected chi connectivity index (χ2v) is 7.55. The number of amides is 1. The van der Waals surface area contributed by atoms with E-state index in [0.717, 1.165) is 24.9 Å². The van der Waals surface area contributed by atoms with Gasteiger partial charge in [-0.1, -0.05) is 18.6 Å². The van der Waals surface area contributed by atoms with Gasteiger partial charge in [-0.15, -0.1) is 0 Å². The average molecular weight is 329 g/mol. The number of aliphatic hydroxyl groups excluding tert-OH is 1. The van der Waals surface area contributed by atoms with Gasteiger partial charge in [0.25, 0.3) is 5.91 Å². The lowest BCUT2D eigenvalue weighted by molar-refractivity contribution is -0.0589. The molecule has 1 saturated carbocycles. The first-order valence-corrected chi connectivity index (χ1v) is 9.41. The molecular formula is C20H27NO3. The third kappa shape index (κ3) is 2.98. The van der Waals surface area contributed by atoms with Crippen LogP contribution in [0.3, 0.4) is 0 Å². The number of hydrogen-bond donors (Lipinski definition) is 1. The van der Waals surface area contributed by atoms with E-state index in [1.807, 2.05) is 17.0 Å². The maximum atomic E-state index is 13.0. The third-order valence-corrected chi connectivity index (χ3v) is 6.15. The summed E-state index contributed by atoms with van der Waals surface area (Å²) in [7, 11) is 0. The van der Waals surface area contributed by atoms with E-state index in [2.05, 4.69) is 12.1 Å². The van der Waals surface area contributed by atoms with Crippen molar-refractivity contribution in [1.82, 2.24) is 4.90 Å². The molecule has 4 nitrogen and oxygen atoms in total. The second kappa shape index (κ2) is 6.85. The van der Waals surface area contributed by atoms with Gasteiger partial charge in [-0.3, -0.25) is 4.79 Å². The zero-order valence-corrected chi connectivity index (χ0v) is 14.2. The molecule has 130 valence electrons. The summed E-state index contributed by atoms with van der Waals surface area (Å²) in [6.45, 7) is 1.98. The fourth-order valence-electron chi connectivity index (χ4n) is 4.41. The summed E-state index contributed by atoms with van der Waals surface area (Å²) >= 11 is 0. The van der Waals surface area contributed by atoms with E-state index in [1.54, 1.807) is 0 Å². The first-order valence-electron chi connectivity index (χ1n) is 9.41. The van der Waals surface area contributed by atoms with Crippen LogP contribution in [0.5, 0.6) is 0 Å². The van der Waals surface area contributed by atoms with Gasteiger partial charge in [-0.2, -0.15) is 0 Å². The minimum absolute atomic E-state index is 0.0550. The van der Waals surface area contributed by atoms with E-state index in [1.165, 1.54) is 24.8 Å². The lowest BCUT2D eigenvalue weighted by atomic mass is 9.80. The molecule has 0 aromatic heterocycles. The minimum Gasteiger partial charge on any atom is -0.393 e. The van der Waals surface area contributed by atoms with Crippen LogP contribution in [0.15, 0.2) is 24.3 Å². The summed E-state index contributed by atoms with van der Waals surface area (Å²) in [5.41, 5.74) is 2.14. The number of hydrogen-bond acceptors (Lipinski definition) is 3. The molecule has 4 rings (SSSR count). The zero-order chi connectivity index (χ0) is 16.5. The Morgan fingerprint density at radius 1 is 1.08 bits per heavy atom. The minimum atomic E-state index is -0.349. The van der Waals surface area contributed by atoms with Crippen molar-refractivity contribution in [3.8, 4) is 0 Å². The summed E-state index contributed by atoms with van der Waals surface area (Å²) in [5.74, 6) is 0.859. The van der Waals surface area contributed by atoms with Crippen LogP contribution in [0.25, 0.3) is 0 Å². The fraction of sp³-hybridized carbons (Fsp3) is 0.650. The Morgan fingerprint density at radius 3 is 2.54 bits per heavy atom. The molecule has 24 heavy (non-hydrogen) atoms. The van der Waals surface area contributed by atoms with Gasteiger partial charge in [-0.05, 0) is 55.7 Å². The number of ether oxygens (including phenoxy) is 1. The van der Waals surface area contributed by atoms with Crippen LogP contribution in [0.2, 0.25) is 0 Å². The van der Waals surface area contributed by atoms with Crippen LogP contribution in [-0.2, 0) is 4.74 Å². The molecule has 3 aliphatic rings. The predicted octanol–water partition coefficient (Wildman–Crippen LogP) is 2.96. The highest BCUT2D eigenvalue weighted by molar-refractivity contribution is 5.94. The van der Waals surface area contributed by atoms with Crippen LogP contribution in [0.4, 0.5) is 0 Å². The summed E-state index contributed by atoms with van der Waals surface area (Å²) in [5, 5.41) is 10.3. The first kappa shape index (κ1) is 16.1. The molecule has 4 heteroatoms. The summed E-state index contributed by atoms with van der Waals surface area (Å²) < 4.78 is 5.56. The van der Waals surface area contributed by atoms with Gasteiger partial charge >= 0.3 is 0 Å². The number of aliphatic hydroxyl groups is 1. The topological polar surface area (TPSA) is 49.8 Å². The molecule has 3 atom stereocenters. The van der Waals surface area contributed by atoms with Crippen LogP contribution in [-0.4, -0.2) is 47.8 Å². The molecule has 1 aromatic carbocycles. The Hall–Kier alpha value is -1.39. The van der Waals surface area contributed by atoms with Crippen LogP contribution < -0.4 is 0 Å². The molecule has 0 unspecified atom stereocenters. The predicted molar refractivity (Wildman–Crippen MR) is 92.0 cm³/mol. The van der Waals surface area contributed by atoms with Crippen molar-refractivity contribution in [3.63, 3.8) is 0 Å². The van der Waals surface area contributed by atoms with Gasteiger partial charge in [0.05, 0.1) is 12.7 Å². The highest BCUT2D eigenvalue weighted by Gasteiger charge is 2.39. The largest absolute Gasteiger partial charge is 0.393 e. The van der Waals surface area contributed by atoms with E-state index in [9.17, 15) is 9.90 Å². The van der Waals surface area contributed by atoms with Crippen molar-refractivity contribution in [2.75, 3.05) is 19.8 Å². The van der Waals surface area contributed by atoms with Crippen LogP contribution >= 0.6 is 0 Å². The smallest absolute Gasteiger partial charge is 0.254 e. The molecule has 0 radical (unpaired) electrons. The zero-order valence-electron chi connectivity index (χ0n) is 14.2. The van der Waals surface area contributed by atoms with Gasteiger partial charge in [0.2, 0.25) is 0 Å². The lowest BCUT2D eigenvalue weighted by Gasteiger charge is -2.37. The van der Waals surface area contributed by atoms with E-state index in [4.69, 9.17) is 4.74 Å². The molecule has 1 aliphatic carbocycles. The second-order valence-electron chi connectivity index (χ2n) is 7.55. The Bertz CT molecular complexity index is 581. The number of nitrogens with zero attached hydrogens (tertiary/aromatic N) is 1. The van der Waals surface area contributed by atoms with Gasteiger partial charge in [-0.25, -0.2) is 0 Å². The molecule has 0 bridgehead atoms. The Morgan fingerprint density at radius 2 is 1.88 bits per heavy atom. The molecule has 1 aromatic rings. The van der Waals surface area contributed by atoms with Crippen molar-refractivity contribution in [3.05, 3.63) is 35.4 Å². The van der Waals surface area contributed by atoms with Gasteiger partial charge < -0.3 is 14.7 Å². The Labute approximate surface area is 143 Å². The van der Waals surface area contributed by atoms with Crippen molar-refractivity contribution >= 4 is 5.91 Å². The molecule has 2 saturated heterocycles. The van der Waals surface area contributed by atoms with Gasteiger partial charge in [0.1, 0.15) is 0 Å². The summed E-state index contributed by atoms with van der Waals surface area (Å²) in [6.07, 6.45) is 6.20. The van der Waals surface area contributed by atoms with Crippen LogP contribution in [0, 0.1) is 5.92 Å². The van der Waals surface area contributed by atoms with Crippen molar-refractivity contribution in [1.29, 1.82) is 0 Å². The van der Waals surface area contributed by atoms with Crippen molar-refractivity contribution in [2.24, 2.45) is 5.92 Å². The Balaban J connectivity index is 1.48. The number of likely N-dealkylation sites (tertiary alicyclic amines) is 1. The van der Waals surface area contributed by atoms with E-state index < -0.39 is 0 Å². The molecule has 3 fully saturated rings. The number of rotatable bonds is 3. The lowest BCUT2D eigenvalue weighted by Crippen LogP contribution is -2.48. The van der Waals surface area contributed by atoms with E-state index >= 15 is 0 Å². The van der Waals surface area contributed by atoms with E-state index in [0.29, 0.717) is 25.6 Å². The average Bonchev–Trinajstić information content (AvgIpc) is 3.03. The SMILES string of the molecule is O=C(c1ccc(C2CCC2)cc1)N1CCC[C@@H]1[C@@H]1COCC[C@H]1O. The standard InChI is InChI=1S/C20H27NO3/c22-19-10-12-24-13-17(19)18-5-2-11-21(18)20(23)16-8-6-15(7-9-16)14-3-1-4-14/h6-9,14,17-19,22H,1-5,10-13H2/t17-,18+,19+/m0/s1. The van der Waals surface area contributed by atoms with Gasteiger partial charge in [0.15, 0.2) is 0 Å². The molecule has 1 N–H and O–H groups in total. The molecule has 0 spiro atoms. The van der Waals surface area contributed by atoms with Gasteiger partial charge in [0, 0.05) is 30.7 Å². The molecular weight excluding hydrogens is 302 g/mol. The number of carbonyl (C=O) groups is 1. The summed E-state index contributed by atoms with van der Waals surface area (Å²) in [4.78, 5) is 14.9. The van der Waals surface area contributed by atoms with Crippen molar-refractivity contribution < 1.29 is 14.6 Å². The first-order chi connectivity index (χ1) is 11.7. The fourth-order valence-corrected chi connectivity index (χ4v) is 4.41.